The Morgan fingerprint density at radius 2 is 1.75 bits per heavy atom. The summed E-state index contributed by atoms with van der Waals surface area (Å²) < 4.78 is 0. The zero-order valence-corrected chi connectivity index (χ0v) is 12.6. The van der Waals surface area contributed by atoms with Gasteiger partial charge in [-0.2, -0.15) is 0 Å². The molecule has 122 valence electrons. The van der Waals surface area contributed by atoms with E-state index in [0.717, 1.165) is 23.1 Å². The third-order valence-electron chi connectivity index (χ3n) is 3.01. The molecule has 3 rings (SSSR count). The van der Waals surface area contributed by atoms with Gasteiger partial charge in [-0.1, -0.05) is 12.1 Å². The fourth-order valence-electron chi connectivity index (χ4n) is 1.89. The average molecular weight is 325 g/mol. The van der Waals surface area contributed by atoms with Crippen LogP contribution in [0.5, 0.6) is 0 Å². The van der Waals surface area contributed by atoms with Crippen molar-refractivity contribution in [1.82, 2.24) is 9.97 Å². The number of carboxylic acid groups (broad SMARTS) is 2. The molecule has 0 radical (unpaired) electrons. The van der Waals surface area contributed by atoms with E-state index in [1.165, 1.54) is 5.56 Å². The maximum atomic E-state index is 9.10. The zero-order chi connectivity index (χ0) is 17.4. The van der Waals surface area contributed by atoms with Crippen molar-refractivity contribution in [2.75, 3.05) is 5.32 Å². The molecule has 2 aromatic heterocycles. The van der Waals surface area contributed by atoms with Crippen LogP contribution in [0.1, 0.15) is 5.56 Å². The second-order valence-electron chi connectivity index (χ2n) is 4.74. The molecule has 0 amide bonds. The van der Waals surface area contributed by atoms with Crippen molar-refractivity contribution >= 4 is 28.5 Å². The van der Waals surface area contributed by atoms with E-state index >= 15 is 0 Å². The molecule has 0 unspecified atom stereocenters. The van der Waals surface area contributed by atoms with E-state index in [2.05, 4.69) is 33.5 Å². The quantitative estimate of drug-likeness (QED) is 0.634. The summed E-state index contributed by atoms with van der Waals surface area (Å²) in [6.45, 7) is 0.777. The van der Waals surface area contributed by atoms with Crippen molar-refractivity contribution in [2.24, 2.45) is 0 Å². The van der Waals surface area contributed by atoms with Gasteiger partial charge in [0, 0.05) is 36.2 Å². The molecule has 0 spiro atoms. The Hall–Kier alpha value is -3.48. The van der Waals surface area contributed by atoms with Crippen molar-refractivity contribution < 1.29 is 19.8 Å². The molecule has 1 aromatic carbocycles. The minimum absolute atomic E-state index is 0.777. The lowest BCUT2D eigenvalue weighted by atomic mass is 10.2. The number of carboxylic acids is 2. The minimum atomic E-state index is -1.82. The van der Waals surface area contributed by atoms with Crippen LogP contribution in [0.2, 0.25) is 0 Å². The van der Waals surface area contributed by atoms with Gasteiger partial charge in [-0.05, 0) is 35.9 Å². The van der Waals surface area contributed by atoms with Crippen LogP contribution in [-0.2, 0) is 16.1 Å². The number of hydrogen-bond acceptors (Lipinski definition) is 5. The van der Waals surface area contributed by atoms with Gasteiger partial charge in [-0.15, -0.1) is 0 Å². The first-order valence-corrected chi connectivity index (χ1v) is 7.00. The summed E-state index contributed by atoms with van der Waals surface area (Å²) in [6, 6.07) is 14.2. The largest absolute Gasteiger partial charge is 0.473 e. The smallest absolute Gasteiger partial charge is 0.414 e. The molecule has 0 atom stereocenters. The zero-order valence-electron chi connectivity index (χ0n) is 12.6. The fraction of sp³-hybridized carbons (Fsp3) is 0.0588. The molecule has 0 saturated carbocycles. The predicted octanol–water partition coefficient (Wildman–Crippen LogP) is 2.40. The van der Waals surface area contributed by atoms with Gasteiger partial charge in [0.1, 0.15) is 0 Å². The maximum Gasteiger partial charge on any atom is 0.414 e. The third kappa shape index (κ3) is 5.06. The fourth-order valence-corrected chi connectivity index (χ4v) is 1.89. The molecule has 2 heterocycles. The summed E-state index contributed by atoms with van der Waals surface area (Å²) in [5, 5.41) is 19.3. The van der Waals surface area contributed by atoms with E-state index in [1.807, 2.05) is 36.7 Å². The van der Waals surface area contributed by atoms with Crippen LogP contribution in [0.4, 0.5) is 5.69 Å². The highest BCUT2D eigenvalue weighted by Crippen LogP contribution is 2.17. The van der Waals surface area contributed by atoms with Gasteiger partial charge in [-0.3, -0.25) is 9.97 Å². The number of rotatable bonds is 3. The summed E-state index contributed by atoms with van der Waals surface area (Å²) in [5.41, 5.74) is 3.28. The molecule has 3 N–H and O–H groups in total. The molecule has 0 bridgehead atoms. The molecule has 0 aliphatic carbocycles. The Kier molecular flexibility index (Phi) is 5.79. The number of hydrogen-bond donors (Lipinski definition) is 3. The summed E-state index contributed by atoms with van der Waals surface area (Å²) in [5.74, 6) is -3.65. The molecular weight excluding hydrogens is 310 g/mol. The molecule has 0 fully saturated rings. The molecule has 3 aromatic rings. The van der Waals surface area contributed by atoms with Crippen LogP contribution >= 0.6 is 0 Å². The topological polar surface area (TPSA) is 112 Å². The lowest BCUT2D eigenvalue weighted by molar-refractivity contribution is -0.159. The van der Waals surface area contributed by atoms with Crippen molar-refractivity contribution in [3.8, 4) is 0 Å². The second kappa shape index (κ2) is 8.23. The number of fused-ring (bicyclic) bond motifs is 1. The van der Waals surface area contributed by atoms with Gasteiger partial charge in [0.25, 0.3) is 0 Å². The predicted molar refractivity (Wildman–Crippen MR) is 88.6 cm³/mol. The third-order valence-corrected chi connectivity index (χ3v) is 3.01. The Labute approximate surface area is 137 Å². The first-order chi connectivity index (χ1) is 11.6. The number of aromatic nitrogens is 2. The standard InChI is InChI=1S/C15H13N3.C2H2O4/c1-3-12(10-16-7-1)11-18-14-5-6-15-13(9-14)4-2-8-17-15;3-1(4)2(5)6/h1-10,18H,11H2;(H,3,4)(H,5,6). The number of nitrogens with one attached hydrogen (secondary N) is 1. The van der Waals surface area contributed by atoms with Gasteiger partial charge in [0.05, 0.1) is 5.52 Å². The average Bonchev–Trinajstić information content (AvgIpc) is 2.61. The summed E-state index contributed by atoms with van der Waals surface area (Å²) in [6.07, 6.45) is 5.46. The lowest BCUT2D eigenvalue weighted by Crippen LogP contribution is -2.09. The molecule has 7 heteroatoms. The number of carbonyl (C=O) groups is 2. The van der Waals surface area contributed by atoms with Crippen LogP contribution in [0.15, 0.2) is 61.1 Å². The van der Waals surface area contributed by atoms with Crippen LogP contribution in [-0.4, -0.2) is 32.1 Å². The summed E-state index contributed by atoms with van der Waals surface area (Å²) in [7, 11) is 0. The first kappa shape index (κ1) is 16.9. The van der Waals surface area contributed by atoms with Gasteiger partial charge < -0.3 is 15.5 Å². The summed E-state index contributed by atoms with van der Waals surface area (Å²) in [4.78, 5) is 26.6. The van der Waals surface area contributed by atoms with Crippen molar-refractivity contribution in [3.05, 3.63) is 66.6 Å². The Bertz CT molecular complexity index is 825. The molecule has 0 aliphatic rings. The second-order valence-corrected chi connectivity index (χ2v) is 4.74. The highest BCUT2D eigenvalue weighted by atomic mass is 16.4. The van der Waals surface area contributed by atoms with Crippen molar-refractivity contribution in [2.45, 2.75) is 6.54 Å². The van der Waals surface area contributed by atoms with Crippen molar-refractivity contribution in [3.63, 3.8) is 0 Å². The normalized spacial score (nSPS) is 9.67. The van der Waals surface area contributed by atoms with E-state index < -0.39 is 11.9 Å². The Balaban J connectivity index is 0.000000301. The molecular formula is C17H15N3O4. The SMILES string of the molecule is O=C(O)C(=O)O.c1cncc(CNc2ccc3ncccc3c2)c1. The number of pyridine rings is 2. The number of aliphatic carboxylic acids is 2. The van der Waals surface area contributed by atoms with Crippen molar-refractivity contribution in [1.29, 1.82) is 0 Å². The first-order valence-electron chi connectivity index (χ1n) is 7.00. The van der Waals surface area contributed by atoms with Gasteiger partial charge >= 0.3 is 11.9 Å². The maximum absolute atomic E-state index is 9.10. The highest BCUT2D eigenvalue weighted by molar-refractivity contribution is 6.27. The monoisotopic (exact) mass is 325 g/mol. The van der Waals surface area contributed by atoms with Crippen LogP contribution in [0.25, 0.3) is 10.9 Å². The van der Waals surface area contributed by atoms with Gasteiger partial charge in [-0.25, -0.2) is 9.59 Å². The molecule has 24 heavy (non-hydrogen) atoms. The Morgan fingerprint density at radius 1 is 1.00 bits per heavy atom. The molecule has 7 nitrogen and oxygen atoms in total. The van der Waals surface area contributed by atoms with Crippen LogP contribution < -0.4 is 5.32 Å². The van der Waals surface area contributed by atoms with E-state index in [4.69, 9.17) is 19.8 Å². The van der Waals surface area contributed by atoms with E-state index in [1.54, 1.807) is 6.20 Å². The molecule has 0 aliphatic heterocycles. The van der Waals surface area contributed by atoms with Gasteiger partial charge in [0.2, 0.25) is 0 Å². The number of benzene rings is 1. The van der Waals surface area contributed by atoms with E-state index in [-0.39, 0.29) is 0 Å². The number of nitrogens with zero attached hydrogens (tertiary/aromatic N) is 2. The van der Waals surface area contributed by atoms with Crippen LogP contribution in [0.3, 0.4) is 0 Å². The highest BCUT2D eigenvalue weighted by Gasteiger charge is 2.04. The number of anilines is 1. The van der Waals surface area contributed by atoms with E-state index in [0.29, 0.717) is 0 Å². The molecule has 0 saturated heterocycles. The summed E-state index contributed by atoms with van der Waals surface area (Å²) >= 11 is 0. The van der Waals surface area contributed by atoms with E-state index in [9.17, 15) is 0 Å². The minimum Gasteiger partial charge on any atom is -0.473 e. The van der Waals surface area contributed by atoms with Crippen LogP contribution in [0, 0.1) is 0 Å². The lowest BCUT2D eigenvalue weighted by Gasteiger charge is -2.07. The Morgan fingerprint density at radius 3 is 2.42 bits per heavy atom. The van der Waals surface area contributed by atoms with Gasteiger partial charge in [0.15, 0.2) is 0 Å².